The second-order valence-corrected chi connectivity index (χ2v) is 12.5. The number of hydrogen-bond acceptors (Lipinski definition) is 5. The Morgan fingerprint density at radius 2 is 1.88 bits per heavy atom. The Morgan fingerprint density at radius 1 is 1.10 bits per heavy atom. The Kier molecular flexibility index (Phi) is 8.65. The normalized spacial score (nSPS) is 21.5. The van der Waals surface area contributed by atoms with Gasteiger partial charge in [-0.25, -0.2) is 0 Å². The summed E-state index contributed by atoms with van der Waals surface area (Å²) < 4.78 is 5.74. The number of carbonyl (C=O) groups excluding carboxylic acids is 2. The van der Waals surface area contributed by atoms with E-state index in [0.29, 0.717) is 32.8 Å². The van der Waals surface area contributed by atoms with Gasteiger partial charge in [0.15, 0.2) is 0 Å². The van der Waals surface area contributed by atoms with Gasteiger partial charge in [0, 0.05) is 36.1 Å². The molecule has 2 amide bonds. The molecule has 4 N–H and O–H groups in total. The van der Waals surface area contributed by atoms with E-state index in [1.807, 2.05) is 29.3 Å². The van der Waals surface area contributed by atoms with Crippen molar-refractivity contribution in [2.24, 2.45) is 5.73 Å². The summed E-state index contributed by atoms with van der Waals surface area (Å²) in [5.41, 5.74) is 11.0. The molecule has 2 fully saturated rings. The van der Waals surface area contributed by atoms with Gasteiger partial charge in [-0.3, -0.25) is 14.5 Å². The molecule has 3 aromatic rings. The van der Waals surface area contributed by atoms with Crippen molar-refractivity contribution in [3.63, 3.8) is 0 Å². The minimum absolute atomic E-state index is 0.00574. The minimum Gasteiger partial charge on any atom is -0.378 e. The number of likely N-dealkylation sites (tertiary alicyclic amines) is 2. The molecule has 1 unspecified atom stereocenters. The van der Waals surface area contributed by atoms with E-state index in [0.717, 1.165) is 61.7 Å². The van der Waals surface area contributed by atoms with Crippen LogP contribution in [0, 0.1) is 0 Å². The van der Waals surface area contributed by atoms with E-state index in [1.165, 1.54) is 17.5 Å². The van der Waals surface area contributed by atoms with Crippen LogP contribution < -0.4 is 11.1 Å². The number of nitrogens with one attached hydrogen (secondary N) is 2. The highest BCUT2D eigenvalue weighted by Gasteiger charge is 2.42. The Morgan fingerprint density at radius 3 is 2.71 bits per heavy atom. The molecule has 3 atom stereocenters. The maximum atomic E-state index is 14.2. The van der Waals surface area contributed by atoms with Crippen molar-refractivity contribution in [3.05, 3.63) is 71.4 Å². The van der Waals surface area contributed by atoms with Crippen LogP contribution in [0.1, 0.15) is 61.6 Å². The van der Waals surface area contributed by atoms with Gasteiger partial charge in [-0.15, -0.1) is 0 Å². The highest BCUT2D eigenvalue weighted by molar-refractivity contribution is 5.91. The van der Waals surface area contributed by atoms with E-state index in [1.54, 1.807) is 0 Å². The van der Waals surface area contributed by atoms with Crippen LogP contribution in [-0.2, 0) is 26.2 Å². The molecule has 1 spiro atoms. The van der Waals surface area contributed by atoms with E-state index in [9.17, 15) is 9.59 Å². The fourth-order valence-corrected chi connectivity index (χ4v) is 7.68. The van der Waals surface area contributed by atoms with Crippen molar-refractivity contribution in [3.8, 4) is 0 Å². The summed E-state index contributed by atoms with van der Waals surface area (Å²) in [6, 6.07) is 16.3. The van der Waals surface area contributed by atoms with Crippen LogP contribution in [0.3, 0.4) is 0 Å². The predicted molar refractivity (Wildman–Crippen MR) is 165 cm³/mol. The first kappa shape index (κ1) is 28.9. The average Bonchev–Trinajstić information content (AvgIpc) is 3.75. The molecule has 2 aromatic carbocycles. The molecular formula is C34H45N5O3. The number of benzene rings is 2. The highest BCUT2D eigenvalue weighted by atomic mass is 16.5. The number of nitrogens with two attached hydrogens (primary N) is 1. The van der Waals surface area contributed by atoms with Gasteiger partial charge in [0.2, 0.25) is 11.8 Å². The highest BCUT2D eigenvalue weighted by Crippen LogP contribution is 2.46. The lowest BCUT2D eigenvalue weighted by Crippen LogP contribution is -2.55. The van der Waals surface area contributed by atoms with Crippen molar-refractivity contribution < 1.29 is 14.3 Å². The summed E-state index contributed by atoms with van der Waals surface area (Å²) in [5, 5.41) is 4.29. The summed E-state index contributed by atoms with van der Waals surface area (Å²) in [6.07, 6.45) is 8.32. The van der Waals surface area contributed by atoms with Crippen LogP contribution in [0.4, 0.5) is 0 Å². The monoisotopic (exact) mass is 571 g/mol. The quantitative estimate of drug-likeness (QED) is 0.322. The first-order valence-corrected chi connectivity index (χ1v) is 15.7. The number of nitrogens with zero attached hydrogens (tertiary/aromatic N) is 2. The van der Waals surface area contributed by atoms with Gasteiger partial charge in [-0.2, -0.15) is 0 Å². The first-order valence-electron chi connectivity index (χ1n) is 15.7. The first-order chi connectivity index (χ1) is 20.5. The van der Waals surface area contributed by atoms with E-state index in [4.69, 9.17) is 10.5 Å². The number of fused-ring (bicyclic) bond motifs is 3. The molecule has 1 aromatic heterocycles. The molecule has 42 heavy (non-hydrogen) atoms. The van der Waals surface area contributed by atoms with Crippen molar-refractivity contribution in [1.82, 2.24) is 20.1 Å². The zero-order valence-corrected chi connectivity index (χ0v) is 24.8. The number of aryl methyl sites for hydroxylation is 1. The van der Waals surface area contributed by atoms with E-state index in [-0.39, 0.29) is 29.2 Å². The summed E-state index contributed by atoms with van der Waals surface area (Å²) >= 11 is 0. The lowest BCUT2D eigenvalue weighted by molar-refractivity contribution is -0.139. The van der Waals surface area contributed by atoms with Crippen LogP contribution in [0.2, 0.25) is 0 Å². The van der Waals surface area contributed by atoms with Gasteiger partial charge in [-0.05, 0) is 79.8 Å². The number of para-hydroxylation sites is 1. The molecule has 3 aliphatic rings. The lowest BCUT2D eigenvalue weighted by Gasteiger charge is -2.40. The van der Waals surface area contributed by atoms with Gasteiger partial charge in [0.1, 0.15) is 6.04 Å². The lowest BCUT2D eigenvalue weighted by atomic mass is 9.74. The zero-order valence-electron chi connectivity index (χ0n) is 24.8. The molecular weight excluding hydrogens is 526 g/mol. The van der Waals surface area contributed by atoms with Gasteiger partial charge < -0.3 is 25.7 Å². The number of carbonyl (C=O) groups is 2. The van der Waals surface area contributed by atoms with Gasteiger partial charge in [-0.1, -0.05) is 49.4 Å². The molecule has 0 saturated carbocycles. The Bertz CT molecular complexity index is 1390. The molecule has 2 aliphatic heterocycles. The van der Waals surface area contributed by atoms with Crippen LogP contribution >= 0.6 is 0 Å². The molecule has 3 heterocycles. The SMILES string of the molecule is C[C@@H](c1c[nH]c2ccccc12)[C@@H](NC(=O)CN1CCC2(CCc3ccccc32)CC1)C(=O)N1CCCC1COCCN. The fraction of sp³-hybridized carbons (Fsp3) is 0.529. The standard InChI is InChI=1S/C34H45N5O3/c1-24(28-21-36-30-11-5-3-9-27(28)30)32(33(41)39-17-6-8-26(39)23-42-20-16-35)37-31(40)22-38-18-14-34(15-19-38)13-12-25-7-2-4-10-29(25)34/h2-5,7,9-11,21,24,26,32,36H,6,8,12-20,22-23,35H2,1H3,(H,37,40)/t24-,26?,32+/m0/s1. The number of H-pyrrole nitrogens is 1. The van der Waals surface area contributed by atoms with E-state index < -0.39 is 6.04 Å². The molecule has 224 valence electrons. The number of piperidine rings is 1. The third-order valence-corrected chi connectivity index (χ3v) is 10.1. The predicted octanol–water partition coefficient (Wildman–Crippen LogP) is 3.70. The Hall–Kier alpha value is -3.20. The fourth-order valence-electron chi connectivity index (χ4n) is 7.68. The third kappa shape index (κ3) is 5.72. The number of aromatic nitrogens is 1. The molecule has 0 radical (unpaired) electrons. The Balaban J connectivity index is 1.16. The van der Waals surface area contributed by atoms with E-state index >= 15 is 0 Å². The topological polar surface area (TPSA) is 104 Å². The summed E-state index contributed by atoms with van der Waals surface area (Å²) in [4.78, 5) is 35.3. The number of hydrogen-bond donors (Lipinski definition) is 3. The Labute approximate surface area is 249 Å². The molecule has 8 nitrogen and oxygen atoms in total. The van der Waals surface area contributed by atoms with Gasteiger partial charge in [0.25, 0.3) is 0 Å². The zero-order chi connectivity index (χ0) is 29.1. The minimum atomic E-state index is -0.662. The molecule has 2 saturated heterocycles. The molecule has 8 heteroatoms. The summed E-state index contributed by atoms with van der Waals surface area (Å²) in [7, 11) is 0. The molecule has 1 aliphatic carbocycles. The van der Waals surface area contributed by atoms with Crippen molar-refractivity contribution in [2.45, 2.75) is 68.9 Å². The maximum absolute atomic E-state index is 14.2. The van der Waals surface area contributed by atoms with Crippen molar-refractivity contribution in [2.75, 3.05) is 45.9 Å². The number of amides is 2. The van der Waals surface area contributed by atoms with Crippen LogP contribution in [0.5, 0.6) is 0 Å². The van der Waals surface area contributed by atoms with Crippen LogP contribution in [-0.4, -0.2) is 84.6 Å². The van der Waals surface area contributed by atoms with Crippen molar-refractivity contribution >= 4 is 22.7 Å². The second-order valence-electron chi connectivity index (χ2n) is 12.5. The van der Waals surface area contributed by atoms with E-state index in [2.05, 4.69) is 52.5 Å². The van der Waals surface area contributed by atoms with Crippen LogP contribution in [0.15, 0.2) is 54.7 Å². The van der Waals surface area contributed by atoms with Gasteiger partial charge >= 0.3 is 0 Å². The van der Waals surface area contributed by atoms with Gasteiger partial charge in [0.05, 0.1) is 25.8 Å². The summed E-state index contributed by atoms with van der Waals surface area (Å²) in [5.74, 6) is -0.318. The average molecular weight is 572 g/mol. The number of ether oxygens (including phenoxy) is 1. The maximum Gasteiger partial charge on any atom is 0.246 e. The van der Waals surface area contributed by atoms with Crippen LogP contribution in [0.25, 0.3) is 10.9 Å². The summed E-state index contributed by atoms with van der Waals surface area (Å²) in [6.45, 7) is 6.24. The molecule has 6 rings (SSSR count). The smallest absolute Gasteiger partial charge is 0.246 e. The number of rotatable bonds is 10. The largest absolute Gasteiger partial charge is 0.378 e. The van der Waals surface area contributed by atoms with Crippen molar-refractivity contribution in [1.29, 1.82) is 0 Å². The third-order valence-electron chi connectivity index (χ3n) is 10.1. The number of aromatic amines is 1. The molecule has 0 bridgehead atoms. The second kappa shape index (κ2) is 12.6.